The first-order valence-corrected chi connectivity index (χ1v) is 18.2. The number of nitrogens with two attached hydrogens (primary N) is 1. The molecule has 6 rings (SSSR count). The first kappa shape index (κ1) is 35.4. The molecule has 2 fully saturated rings. The number of imidazole rings is 2. The Hall–Kier alpha value is -4.45. The topological polar surface area (TPSA) is 162 Å². The number of carbonyl (C=O) groups excluding carboxylic acids is 3. The number of hydrogen-bond donors (Lipinski definition) is 4. The number of likely N-dealkylation sites (tertiary alicyclic amines) is 2. The number of rotatable bonds is 10. The van der Waals surface area contributed by atoms with Gasteiger partial charge >= 0.3 is 6.09 Å². The van der Waals surface area contributed by atoms with Crippen LogP contribution < -0.4 is 11.1 Å². The Morgan fingerprint density at radius 2 is 1.22 bits per heavy atom. The standard InChI is InChI=1S/C38H52N8O4/c1-22(2)32(39)36(47)45-18-6-8-30(45)34-40-20-28(42-34)26-14-10-24(11-15-26)25-12-16-27(17-13-25)29-21-41-35(43-29)31-9-7-19-46(31)37(48)33(23(3)4)44-38(49)50-5/h10,12,14,16,20-23,30-33H,6-9,11,13,15,17-19,39H2,1-5H3,(H,40,42)(H,41,43)(H,44,49). The maximum absolute atomic E-state index is 13.5. The van der Waals surface area contributed by atoms with E-state index in [2.05, 4.69) is 39.6 Å². The van der Waals surface area contributed by atoms with Crippen molar-refractivity contribution in [3.05, 3.63) is 70.9 Å². The highest BCUT2D eigenvalue weighted by Crippen LogP contribution is 2.38. The normalized spacial score (nSPS) is 22.2. The molecule has 268 valence electrons. The monoisotopic (exact) mass is 684 g/mol. The minimum absolute atomic E-state index is 0.00872. The fraction of sp³-hybridized carbons (Fsp3) is 0.553. The molecule has 3 amide bonds. The summed E-state index contributed by atoms with van der Waals surface area (Å²) in [5.41, 5.74) is 13.3. The summed E-state index contributed by atoms with van der Waals surface area (Å²) in [6.45, 7) is 9.15. The molecule has 0 aromatic carbocycles. The van der Waals surface area contributed by atoms with Crippen LogP contribution in [0.4, 0.5) is 4.79 Å². The fourth-order valence-corrected chi connectivity index (χ4v) is 7.58. The molecule has 2 aromatic heterocycles. The molecule has 4 heterocycles. The molecule has 4 atom stereocenters. The van der Waals surface area contributed by atoms with Gasteiger partial charge < -0.3 is 35.6 Å². The van der Waals surface area contributed by atoms with Crippen molar-refractivity contribution in [2.75, 3.05) is 20.2 Å². The molecule has 12 heteroatoms. The van der Waals surface area contributed by atoms with Crippen LogP contribution in [-0.2, 0) is 14.3 Å². The number of ether oxygens (including phenoxy) is 1. The second-order valence-electron chi connectivity index (χ2n) is 14.6. The van der Waals surface area contributed by atoms with Gasteiger partial charge in [0.05, 0.1) is 49.0 Å². The molecule has 0 saturated carbocycles. The molecular formula is C38H52N8O4. The van der Waals surface area contributed by atoms with Gasteiger partial charge in [0.1, 0.15) is 17.7 Å². The smallest absolute Gasteiger partial charge is 0.407 e. The van der Waals surface area contributed by atoms with Crippen molar-refractivity contribution in [3.8, 4) is 0 Å². The van der Waals surface area contributed by atoms with E-state index in [9.17, 15) is 14.4 Å². The van der Waals surface area contributed by atoms with Gasteiger partial charge in [0.2, 0.25) is 11.8 Å². The molecule has 2 aromatic rings. The summed E-state index contributed by atoms with van der Waals surface area (Å²) in [7, 11) is 1.30. The Bertz CT molecular complexity index is 1710. The Balaban J connectivity index is 1.10. The number of allylic oxidation sites excluding steroid dienone is 8. The summed E-state index contributed by atoms with van der Waals surface area (Å²) in [5.74, 6) is 1.54. The first-order chi connectivity index (χ1) is 24.0. The number of alkyl carbamates (subject to hydrolysis) is 1. The second-order valence-corrected chi connectivity index (χ2v) is 14.6. The van der Waals surface area contributed by atoms with Crippen LogP contribution in [-0.4, -0.2) is 79.9 Å². The van der Waals surface area contributed by atoms with E-state index >= 15 is 0 Å². The largest absolute Gasteiger partial charge is 0.453 e. The van der Waals surface area contributed by atoms with E-state index in [-0.39, 0.29) is 35.7 Å². The van der Waals surface area contributed by atoms with Crippen molar-refractivity contribution in [1.29, 1.82) is 0 Å². The Kier molecular flexibility index (Phi) is 10.8. The molecule has 50 heavy (non-hydrogen) atoms. The van der Waals surface area contributed by atoms with Gasteiger partial charge in [0, 0.05) is 13.1 Å². The number of carbonyl (C=O) groups is 3. The highest BCUT2D eigenvalue weighted by molar-refractivity contribution is 5.86. The molecule has 4 unspecified atom stereocenters. The van der Waals surface area contributed by atoms with Crippen LogP contribution in [0.5, 0.6) is 0 Å². The summed E-state index contributed by atoms with van der Waals surface area (Å²) >= 11 is 0. The number of hydrogen-bond acceptors (Lipinski definition) is 7. The zero-order chi connectivity index (χ0) is 35.5. The lowest BCUT2D eigenvalue weighted by molar-refractivity contribution is -0.136. The number of nitrogens with zero attached hydrogens (tertiary/aromatic N) is 4. The third-order valence-electron chi connectivity index (χ3n) is 10.7. The number of methoxy groups -OCH3 is 1. The van der Waals surface area contributed by atoms with Crippen LogP contribution in [0.3, 0.4) is 0 Å². The Morgan fingerprint density at radius 1 is 0.760 bits per heavy atom. The summed E-state index contributed by atoms with van der Waals surface area (Å²) in [5, 5.41) is 2.71. The molecular weight excluding hydrogens is 632 g/mol. The van der Waals surface area contributed by atoms with E-state index in [1.807, 2.05) is 49.9 Å². The maximum atomic E-state index is 13.5. The number of H-pyrrole nitrogens is 2. The first-order valence-electron chi connectivity index (χ1n) is 18.2. The fourth-order valence-electron chi connectivity index (χ4n) is 7.58. The van der Waals surface area contributed by atoms with Gasteiger partial charge in [-0.1, -0.05) is 52.0 Å². The van der Waals surface area contributed by atoms with Gasteiger partial charge in [-0.25, -0.2) is 14.8 Å². The van der Waals surface area contributed by atoms with Crippen molar-refractivity contribution in [2.24, 2.45) is 17.6 Å². The van der Waals surface area contributed by atoms with Gasteiger partial charge in [-0.3, -0.25) is 9.59 Å². The van der Waals surface area contributed by atoms with E-state index in [4.69, 9.17) is 20.4 Å². The zero-order valence-corrected chi connectivity index (χ0v) is 30.0. The van der Waals surface area contributed by atoms with Crippen molar-refractivity contribution in [2.45, 2.75) is 103 Å². The Labute approximate surface area is 294 Å². The zero-order valence-electron chi connectivity index (χ0n) is 30.0. The second kappa shape index (κ2) is 15.2. The van der Waals surface area contributed by atoms with Crippen LogP contribution in [0.2, 0.25) is 0 Å². The molecule has 5 N–H and O–H groups in total. The van der Waals surface area contributed by atoms with Crippen LogP contribution in [0.15, 0.2) is 47.8 Å². The molecule has 2 aliphatic carbocycles. The van der Waals surface area contributed by atoms with E-state index in [1.165, 1.54) is 29.4 Å². The van der Waals surface area contributed by atoms with Crippen molar-refractivity contribution < 1.29 is 19.1 Å². The van der Waals surface area contributed by atoms with Gasteiger partial charge in [0.15, 0.2) is 0 Å². The molecule has 12 nitrogen and oxygen atoms in total. The summed E-state index contributed by atoms with van der Waals surface area (Å²) in [6, 6.07) is -1.36. The van der Waals surface area contributed by atoms with E-state index < -0.39 is 18.2 Å². The predicted molar refractivity (Wildman–Crippen MR) is 192 cm³/mol. The lowest BCUT2D eigenvalue weighted by Crippen LogP contribution is -2.51. The van der Waals surface area contributed by atoms with Crippen molar-refractivity contribution in [3.63, 3.8) is 0 Å². The minimum Gasteiger partial charge on any atom is -0.453 e. The highest BCUT2D eigenvalue weighted by Gasteiger charge is 2.38. The molecule has 2 aliphatic heterocycles. The van der Waals surface area contributed by atoms with E-state index in [1.54, 1.807) is 0 Å². The number of nitrogens with one attached hydrogen (secondary N) is 3. The molecule has 4 aliphatic rings. The van der Waals surface area contributed by atoms with Crippen LogP contribution in [0, 0.1) is 11.8 Å². The third kappa shape index (κ3) is 7.35. The highest BCUT2D eigenvalue weighted by atomic mass is 16.5. The SMILES string of the molecule is COC(=O)NC(C(=O)N1CCCC1c1ncc(C2=CC=C(C3=CC=C(c4cnc(C5CCCN5C(=O)C(N)C(C)C)[nH]4)CC3)CC2)[nH]1)C(C)C. The quantitative estimate of drug-likeness (QED) is 0.248. The molecule has 0 spiro atoms. The average Bonchev–Trinajstić information content (AvgIpc) is 3.96. The Morgan fingerprint density at radius 3 is 1.64 bits per heavy atom. The summed E-state index contributed by atoms with van der Waals surface area (Å²) in [4.78, 5) is 58.7. The summed E-state index contributed by atoms with van der Waals surface area (Å²) < 4.78 is 4.76. The van der Waals surface area contributed by atoms with Gasteiger partial charge in [-0.15, -0.1) is 0 Å². The average molecular weight is 685 g/mol. The van der Waals surface area contributed by atoms with Gasteiger partial charge in [-0.2, -0.15) is 0 Å². The summed E-state index contributed by atoms with van der Waals surface area (Å²) in [6.07, 6.45) is 19.3. The predicted octanol–water partition coefficient (Wildman–Crippen LogP) is 5.73. The molecule has 0 radical (unpaired) electrons. The van der Waals surface area contributed by atoms with E-state index in [0.29, 0.717) is 6.54 Å². The van der Waals surface area contributed by atoms with Crippen molar-refractivity contribution in [1.82, 2.24) is 35.1 Å². The van der Waals surface area contributed by atoms with Crippen molar-refractivity contribution >= 4 is 29.1 Å². The van der Waals surface area contributed by atoms with Crippen LogP contribution in [0.25, 0.3) is 11.1 Å². The van der Waals surface area contributed by atoms with E-state index in [0.717, 1.165) is 80.9 Å². The van der Waals surface area contributed by atoms with Crippen LogP contribution >= 0.6 is 0 Å². The minimum atomic E-state index is -0.659. The van der Waals surface area contributed by atoms with Gasteiger partial charge in [0.25, 0.3) is 0 Å². The third-order valence-corrected chi connectivity index (χ3v) is 10.7. The number of aromatic nitrogens is 4. The molecule has 2 saturated heterocycles. The number of amides is 3. The lowest BCUT2D eigenvalue weighted by Gasteiger charge is -2.30. The molecule has 0 bridgehead atoms. The van der Waals surface area contributed by atoms with Gasteiger partial charge in [-0.05, 0) is 85.5 Å². The lowest BCUT2D eigenvalue weighted by atomic mass is 9.86. The maximum Gasteiger partial charge on any atom is 0.407 e. The number of aromatic amines is 2. The van der Waals surface area contributed by atoms with Crippen LogP contribution in [0.1, 0.15) is 114 Å².